The second-order valence-electron chi connectivity index (χ2n) is 6.44. The van der Waals surface area contributed by atoms with Crippen LogP contribution < -0.4 is 20.3 Å². The molecule has 0 radical (unpaired) electrons. The number of carbonyl (C=O) groups is 1. The molecule has 3 aromatic rings. The van der Waals surface area contributed by atoms with Crippen molar-refractivity contribution in [2.24, 2.45) is 4.99 Å². The summed E-state index contributed by atoms with van der Waals surface area (Å²) in [6, 6.07) is 7.84. The number of aromatic nitrogens is 2. The molecule has 1 fully saturated rings. The van der Waals surface area contributed by atoms with Crippen LogP contribution in [-0.4, -0.2) is 51.9 Å². The SMILES string of the molecule is CN1C(=O)N(C)C2Nn3c(s/c(=C\c4c[nH]c5ccccc45)c3=O)=NC21. The molecule has 26 heavy (non-hydrogen) atoms. The third kappa shape index (κ3) is 1.97. The van der Waals surface area contributed by atoms with Crippen LogP contribution in [0.25, 0.3) is 17.0 Å². The van der Waals surface area contributed by atoms with E-state index >= 15 is 0 Å². The monoisotopic (exact) mass is 368 g/mol. The summed E-state index contributed by atoms with van der Waals surface area (Å²) in [7, 11) is 3.42. The van der Waals surface area contributed by atoms with Crippen LogP contribution in [0.15, 0.2) is 40.2 Å². The highest BCUT2D eigenvalue weighted by molar-refractivity contribution is 7.07. The molecule has 1 aromatic carbocycles. The molecule has 0 bridgehead atoms. The van der Waals surface area contributed by atoms with Crippen molar-refractivity contribution in [1.82, 2.24) is 19.5 Å². The van der Waals surface area contributed by atoms with Gasteiger partial charge >= 0.3 is 6.03 Å². The van der Waals surface area contributed by atoms with Gasteiger partial charge in [0.25, 0.3) is 5.56 Å². The first-order chi connectivity index (χ1) is 12.5. The number of likely N-dealkylation sites (N-methyl/N-ethyl adjacent to an activating group) is 2. The average Bonchev–Trinajstić information content (AvgIpc) is 3.26. The number of rotatable bonds is 1. The van der Waals surface area contributed by atoms with Crippen LogP contribution in [0, 0.1) is 0 Å². The minimum atomic E-state index is -0.353. The first-order valence-corrected chi connectivity index (χ1v) is 9.00. The lowest BCUT2D eigenvalue weighted by atomic mass is 10.2. The maximum absolute atomic E-state index is 12.8. The molecule has 5 rings (SSSR count). The molecule has 4 heterocycles. The van der Waals surface area contributed by atoms with Gasteiger partial charge in [-0.3, -0.25) is 10.2 Å². The van der Waals surface area contributed by atoms with Crippen LogP contribution in [0.3, 0.4) is 0 Å². The van der Waals surface area contributed by atoms with Crippen molar-refractivity contribution >= 4 is 34.3 Å². The number of H-pyrrole nitrogens is 1. The van der Waals surface area contributed by atoms with Gasteiger partial charge in [0.1, 0.15) is 0 Å². The van der Waals surface area contributed by atoms with Gasteiger partial charge in [-0.05, 0) is 12.1 Å². The predicted octanol–water partition coefficient (Wildman–Crippen LogP) is 0.0460. The molecule has 8 nitrogen and oxygen atoms in total. The zero-order valence-electron chi connectivity index (χ0n) is 14.1. The molecule has 132 valence electrons. The van der Waals surface area contributed by atoms with Gasteiger partial charge in [0.15, 0.2) is 12.3 Å². The van der Waals surface area contributed by atoms with Gasteiger partial charge < -0.3 is 14.8 Å². The Bertz CT molecular complexity index is 1220. The maximum Gasteiger partial charge on any atom is 0.323 e. The minimum Gasteiger partial charge on any atom is -0.361 e. The van der Waals surface area contributed by atoms with Crippen molar-refractivity contribution in [3.05, 3.63) is 55.7 Å². The van der Waals surface area contributed by atoms with Crippen molar-refractivity contribution in [2.45, 2.75) is 12.3 Å². The Morgan fingerprint density at radius 1 is 1.19 bits per heavy atom. The van der Waals surface area contributed by atoms with Crippen molar-refractivity contribution in [2.75, 3.05) is 19.5 Å². The Morgan fingerprint density at radius 3 is 2.85 bits per heavy atom. The van der Waals surface area contributed by atoms with Crippen LogP contribution in [0.4, 0.5) is 4.79 Å². The Kier molecular flexibility index (Phi) is 3.05. The van der Waals surface area contributed by atoms with Crippen molar-refractivity contribution in [1.29, 1.82) is 0 Å². The Hall–Kier alpha value is -3.07. The number of carbonyl (C=O) groups excluding carboxylic acids is 1. The highest BCUT2D eigenvalue weighted by Gasteiger charge is 2.44. The van der Waals surface area contributed by atoms with Gasteiger partial charge in [0.2, 0.25) is 4.80 Å². The number of thiazole rings is 1. The molecule has 9 heteroatoms. The lowest BCUT2D eigenvalue weighted by Gasteiger charge is -2.26. The van der Waals surface area contributed by atoms with E-state index in [4.69, 9.17) is 0 Å². The minimum absolute atomic E-state index is 0.120. The predicted molar refractivity (Wildman–Crippen MR) is 99.1 cm³/mol. The molecule has 0 spiro atoms. The number of hydrogen-bond donors (Lipinski definition) is 2. The van der Waals surface area contributed by atoms with Gasteiger partial charge in [0, 0.05) is 36.8 Å². The third-order valence-electron chi connectivity index (χ3n) is 4.92. The topological polar surface area (TPSA) is 85.7 Å². The summed E-state index contributed by atoms with van der Waals surface area (Å²) in [6.45, 7) is 0. The van der Waals surface area contributed by atoms with E-state index in [9.17, 15) is 9.59 Å². The molecule has 2 amide bonds. The maximum atomic E-state index is 12.8. The second-order valence-corrected chi connectivity index (χ2v) is 7.45. The highest BCUT2D eigenvalue weighted by Crippen LogP contribution is 2.21. The fourth-order valence-electron chi connectivity index (χ4n) is 3.48. The summed E-state index contributed by atoms with van der Waals surface area (Å²) in [5.74, 6) is 0. The highest BCUT2D eigenvalue weighted by atomic mass is 32.1. The van der Waals surface area contributed by atoms with Gasteiger partial charge in [-0.1, -0.05) is 29.5 Å². The van der Waals surface area contributed by atoms with Gasteiger partial charge in [-0.25, -0.2) is 9.79 Å². The molecule has 2 unspecified atom stereocenters. The van der Waals surface area contributed by atoms with Crippen LogP contribution in [-0.2, 0) is 0 Å². The number of para-hydroxylation sites is 1. The quantitative estimate of drug-likeness (QED) is 0.636. The van der Waals surface area contributed by atoms with Gasteiger partial charge in [-0.2, -0.15) is 4.68 Å². The lowest BCUT2D eigenvalue weighted by Crippen LogP contribution is -2.54. The summed E-state index contributed by atoms with van der Waals surface area (Å²) in [4.78, 5) is 36.5. The summed E-state index contributed by atoms with van der Waals surface area (Å²) in [5.41, 5.74) is 4.96. The first kappa shape index (κ1) is 15.2. The van der Waals surface area contributed by atoms with Crippen LogP contribution in [0.5, 0.6) is 0 Å². The largest absolute Gasteiger partial charge is 0.361 e. The number of benzene rings is 1. The van der Waals surface area contributed by atoms with Crippen LogP contribution in [0.2, 0.25) is 0 Å². The summed E-state index contributed by atoms with van der Waals surface area (Å²) in [6.07, 6.45) is 3.08. The first-order valence-electron chi connectivity index (χ1n) is 8.18. The van der Waals surface area contributed by atoms with Crippen molar-refractivity contribution < 1.29 is 4.79 Å². The van der Waals surface area contributed by atoms with E-state index in [0.717, 1.165) is 16.5 Å². The fourth-order valence-corrected chi connectivity index (χ4v) is 4.43. The zero-order chi connectivity index (χ0) is 18.0. The van der Waals surface area contributed by atoms with E-state index in [0.29, 0.717) is 9.33 Å². The zero-order valence-corrected chi connectivity index (χ0v) is 14.9. The molecule has 0 saturated carbocycles. The van der Waals surface area contributed by atoms with E-state index in [1.54, 1.807) is 23.9 Å². The number of nitrogens with one attached hydrogen (secondary N) is 2. The molecule has 1 saturated heterocycles. The second kappa shape index (κ2) is 5.21. The Balaban J connectivity index is 1.66. The van der Waals surface area contributed by atoms with E-state index in [1.807, 2.05) is 36.5 Å². The number of amides is 2. The molecular formula is C17H16N6O2S. The van der Waals surface area contributed by atoms with Crippen molar-refractivity contribution in [3.63, 3.8) is 0 Å². The molecule has 2 N–H and O–H groups in total. The average molecular weight is 368 g/mol. The summed E-state index contributed by atoms with van der Waals surface area (Å²) < 4.78 is 2.03. The van der Waals surface area contributed by atoms with E-state index in [1.165, 1.54) is 16.0 Å². The third-order valence-corrected chi connectivity index (χ3v) is 5.90. The summed E-state index contributed by atoms with van der Waals surface area (Å²) in [5, 5.41) is 1.06. The number of fused-ring (bicyclic) bond motifs is 3. The number of urea groups is 1. The molecule has 2 aromatic heterocycles. The number of aromatic amines is 1. The Morgan fingerprint density at radius 2 is 2.00 bits per heavy atom. The molecule has 2 aliphatic rings. The van der Waals surface area contributed by atoms with E-state index in [2.05, 4.69) is 15.4 Å². The molecule has 2 aliphatic heterocycles. The molecule has 2 atom stereocenters. The van der Waals surface area contributed by atoms with E-state index < -0.39 is 0 Å². The smallest absolute Gasteiger partial charge is 0.323 e. The molecular weight excluding hydrogens is 352 g/mol. The van der Waals surface area contributed by atoms with E-state index in [-0.39, 0.29) is 23.9 Å². The number of hydrogen-bond acceptors (Lipinski definition) is 5. The molecule has 0 aliphatic carbocycles. The number of nitrogens with zero attached hydrogens (tertiary/aromatic N) is 4. The van der Waals surface area contributed by atoms with Crippen LogP contribution in [0.1, 0.15) is 5.56 Å². The standard InChI is InChI=1S/C17H16N6O2S/c1-21-13-14(22(2)17(21)25)20-23-15(24)12(26-16(23)19-13)7-9-8-18-11-6-4-3-5-10(9)11/h3-8,13-14,18,20H,1-2H3/b12-7-. The van der Waals surface area contributed by atoms with Gasteiger partial charge in [-0.15, -0.1) is 0 Å². The van der Waals surface area contributed by atoms with Crippen LogP contribution >= 0.6 is 11.3 Å². The van der Waals surface area contributed by atoms with Crippen molar-refractivity contribution in [3.8, 4) is 0 Å². The fraction of sp³-hybridized carbons (Fsp3) is 0.235. The summed E-state index contributed by atoms with van der Waals surface area (Å²) >= 11 is 1.32. The normalized spacial score (nSPS) is 22.4. The van der Waals surface area contributed by atoms with Gasteiger partial charge in [0.05, 0.1) is 4.53 Å². The lowest BCUT2D eigenvalue weighted by molar-refractivity contribution is 0.200. The Labute approximate surface area is 151 Å².